The largest absolute Gasteiger partial charge is 0.316 e. The van der Waals surface area contributed by atoms with Gasteiger partial charge in [-0.25, -0.2) is 4.39 Å². The predicted molar refractivity (Wildman–Crippen MR) is 69.4 cm³/mol. The Kier molecular flexibility index (Phi) is 6.50. The average molecular weight is 241 g/mol. The summed E-state index contributed by atoms with van der Waals surface area (Å²) in [6, 6.07) is 6.80. The number of rotatable bonds is 7. The minimum absolute atomic E-state index is 0.151. The van der Waals surface area contributed by atoms with Gasteiger partial charge in [-0.15, -0.1) is 11.8 Å². The maximum absolute atomic E-state index is 12.9. The van der Waals surface area contributed by atoms with Crippen LogP contribution in [0.1, 0.15) is 20.3 Å². The van der Waals surface area contributed by atoms with Crippen molar-refractivity contribution in [2.75, 3.05) is 18.8 Å². The second kappa shape index (κ2) is 7.69. The zero-order valence-corrected chi connectivity index (χ0v) is 10.8. The van der Waals surface area contributed by atoms with Crippen LogP contribution < -0.4 is 5.32 Å². The van der Waals surface area contributed by atoms with E-state index in [9.17, 15) is 4.39 Å². The van der Waals surface area contributed by atoms with Crippen LogP contribution in [0.3, 0.4) is 0 Å². The van der Waals surface area contributed by atoms with Gasteiger partial charge in [-0.2, -0.15) is 0 Å². The van der Waals surface area contributed by atoms with Crippen molar-refractivity contribution in [1.29, 1.82) is 0 Å². The molecule has 1 rings (SSSR count). The Morgan fingerprint density at radius 2 is 2.25 bits per heavy atom. The Balaban J connectivity index is 2.23. The highest BCUT2D eigenvalue weighted by atomic mass is 32.2. The SMILES string of the molecule is CCCNCC(C)CSc1cccc(F)c1. The number of benzene rings is 1. The summed E-state index contributed by atoms with van der Waals surface area (Å²) in [6.45, 7) is 6.50. The highest BCUT2D eigenvalue weighted by Crippen LogP contribution is 2.20. The van der Waals surface area contributed by atoms with Crippen LogP contribution in [-0.4, -0.2) is 18.8 Å². The molecule has 0 radical (unpaired) electrons. The molecule has 16 heavy (non-hydrogen) atoms. The van der Waals surface area contributed by atoms with Crippen molar-refractivity contribution in [2.24, 2.45) is 5.92 Å². The van der Waals surface area contributed by atoms with Gasteiger partial charge in [0.1, 0.15) is 5.82 Å². The summed E-state index contributed by atoms with van der Waals surface area (Å²) < 4.78 is 12.9. The topological polar surface area (TPSA) is 12.0 Å². The van der Waals surface area contributed by atoms with Crippen molar-refractivity contribution in [1.82, 2.24) is 5.32 Å². The summed E-state index contributed by atoms with van der Waals surface area (Å²) in [5.41, 5.74) is 0. The summed E-state index contributed by atoms with van der Waals surface area (Å²) in [5, 5.41) is 3.40. The molecular formula is C13H20FNS. The summed E-state index contributed by atoms with van der Waals surface area (Å²) in [7, 11) is 0. The summed E-state index contributed by atoms with van der Waals surface area (Å²) in [4.78, 5) is 1.02. The van der Waals surface area contributed by atoms with Gasteiger partial charge in [-0.05, 0) is 43.6 Å². The first kappa shape index (κ1) is 13.5. The molecule has 1 aromatic carbocycles. The molecule has 0 amide bonds. The van der Waals surface area contributed by atoms with Crippen LogP contribution >= 0.6 is 11.8 Å². The van der Waals surface area contributed by atoms with E-state index in [1.54, 1.807) is 23.9 Å². The Morgan fingerprint density at radius 3 is 2.94 bits per heavy atom. The number of hydrogen-bond donors (Lipinski definition) is 1. The first-order valence-corrected chi connectivity index (χ1v) is 6.80. The smallest absolute Gasteiger partial charge is 0.124 e. The maximum Gasteiger partial charge on any atom is 0.124 e. The maximum atomic E-state index is 12.9. The van der Waals surface area contributed by atoms with Gasteiger partial charge in [0.25, 0.3) is 0 Å². The standard InChI is InChI=1S/C13H20FNS/c1-3-7-15-9-11(2)10-16-13-6-4-5-12(14)8-13/h4-6,8,11,15H,3,7,9-10H2,1-2H3. The lowest BCUT2D eigenvalue weighted by atomic mass is 10.2. The highest BCUT2D eigenvalue weighted by molar-refractivity contribution is 7.99. The first-order valence-electron chi connectivity index (χ1n) is 5.81. The third-order valence-corrected chi connectivity index (χ3v) is 3.57. The van der Waals surface area contributed by atoms with E-state index in [1.165, 1.54) is 12.5 Å². The van der Waals surface area contributed by atoms with E-state index < -0.39 is 0 Å². The monoisotopic (exact) mass is 241 g/mol. The van der Waals surface area contributed by atoms with E-state index in [0.29, 0.717) is 5.92 Å². The van der Waals surface area contributed by atoms with E-state index in [1.807, 2.05) is 6.07 Å². The normalized spacial score (nSPS) is 12.7. The Labute approximate surface area is 102 Å². The zero-order chi connectivity index (χ0) is 11.8. The summed E-state index contributed by atoms with van der Waals surface area (Å²) in [6.07, 6.45) is 1.17. The zero-order valence-electron chi connectivity index (χ0n) is 10.0. The minimum Gasteiger partial charge on any atom is -0.316 e. The third-order valence-electron chi connectivity index (χ3n) is 2.25. The van der Waals surface area contributed by atoms with E-state index >= 15 is 0 Å². The van der Waals surface area contributed by atoms with Gasteiger partial charge in [0.2, 0.25) is 0 Å². The van der Waals surface area contributed by atoms with Crippen molar-refractivity contribution >= 4 is 11.8 Å². The van der Waals surface area contributed by atoms with Crippen LogP contribution in [-0.2, 0) is 0 Å². The number of hydrogen-bond acceptors (Lipinski definition) is 2. The van der Waals surface area contributed by atoms with Crippen LogP contribution in [0.4, 0.5) is 4.39 Å². The summed E-state index contributed by atoms with van der Waals surface area (Å²) >= 11 is 1.72. The predicted octanol–water partition coefficient (Wildman–Crippen LogP) is 3.55. The lowest BCUT2D eigenvalue weighted by Gasteiger charge is -2.11. The summed E-state index contributed by atoms with van der Waals surface area (Å²) in [5.74, 6) is 1.49. The molecule has 0 aliphatic heterocycles. The second-order valence-electron chi connectivity index (χ2n) is 4.08. The molecule has 0 aliphatic carbocycles. The molecule has 0 aliphatic rings. The number of thioether (sulfide) groups is 1. The molecule has 0 spiro atoms. The fourth-order valence-electron chi connectivity index (χ4n) is 1.38. The average Bonchev–Trinajstić information content (AvgIpc) is 2.27. The minimum atomic E-state index is -0.151. The van der Waals surface area contributed by atoms with Gasteiger partial charge in [0.05, 0.1) is 0 Å². The third kappa shape index (κ3) is 5.52. The van der Waals surface area contributed by atoms with Crippen molar-refractivity contribution in [3.8, 4) is 0 Å². The van der Waals surface area contributed by atoms with Crippen molar-refractivity contribution in [2.45, 2.75) is 25.2 Å². The molecule has 0 heterocycles. The molecule has 1 atom stereocenters. The number of halogens is 1. The van der Waals surface area contributed by atoms with Gasteiger partial charge < -0.3 is 5.32 Å². The van der Waals surface area contributed by atoms with E-state index in [4.69, 9.17) is 0 Å². The van der Waals surface area contributed by atoms with Gasteiger partial charge in [-0.3, -0.25) is 0 Å². The van der Waals surface area contributed by atoms with Gasteiger partial charge >= 0.3 is 0 Å². The van der Waals surface area contributed by atoms with Crippen LogP contribution in [0.15, 0.2) is 29.2 Å². The van der Waals surface area contributed by atoms with Crippen molar-refractivity contribution in [3.63, 3.8) is 0 Å². The molecule has 0 saturated carbocycles. The van der Waals surface area contributed by atoms with Crippen molar-refractivity contribution in [3.05, 3.63) is 30.1 Å². The lowest BCUT2D eigenvalue weighted by molar-refractivity contribution is 0.557. The van der Waals surface area contributed by atoms with Crippen LogP contribution in [0.25, 0.3) is 0 Å². The van der Waals surface area contributed by atoms with E-state index in [-0.39, 0.29) is 5.82 Å². The fourth-order valence-corrected chi connectivity index (χ4v) is 2.34. The molecule has 90 valence electrons. The molecule has 3 heteroatoms. The van der Waals surface area contributed by atoms with E-state index in [0.717, 1.165) is 23.7 Å². The Bertz CT molecular complexity index is 304. The molecule has 1 aromatic rings. The Morgan fingerprint density at radius 1 is 1.44 bits per heavy atom. The molecule has 1 N–H and O–H groups in total. The molecule has 0 saturated heterocycles. The first-order chi connectivity index (χ1) is 7.72. The quantitative estimate of drug-likeness (QED) is 0.579. The van der Waals surface area contributed by atoms with Gasteiger partial charge in [-0.1, -0.05) is 19.9 Å². The van der Waals surface area contributed by atoms with E-state index in [2.05, 4.69) is 19.2 Å². The second-order valence-corrected chi connectivity index (χ2v) is 5.17. The molecule has 0 bridgehead atoms. The molecular weight excluding hydrogens is 221 g/mol. The fraction of sp³-hybridized carbons (Fsp3) is 0.538. The van der Waals surface area contributed by atoms with Crippen LogP contribution in [0.2, 0.25) is 0 Å². The van der Waals surface area contributed by atoms with Gasteiger partial charge in [0.15, 0.2) is 0 Å². The van der Waals surface area contributed by atoms with Crippen LogP contribution in [0.5, 0.6) is 0 Å². The highest BCUT2D eigenvalue weighted by Gasteiger charge is 2.03. The van der Waals surface area contributed by atoms with Gasteiger partial charge in [0, 0.05) is 10.6 Å². The number of nitrogens with one attached hydrogen (secondary N) is 1. The molecule has 1 nitrogen and oxygen atoms in total. The Hall–Kier alpha value is -0.540. The molecule has 0 fully saturated rings. The van der Waals surface area contributed by atoms with Crippen LogP contribution in [0, 0.1) is 11.7 Å². The molecule has 1 unspecified atom stereocenters. The van der Waals surface area contributed by atoms with Crippen molar-refractivity contribution < 1.29 is 4.39 Å². The lowest BCUT2D eigenvalue weighted by Crippen LogP contribution is -2.23. The molecule has 0 aromatic heterocycles.